The van der Waals surface area contributed by atoms with E-state index >= 15 is 0 Å². The maximum Gasteiger partial charge on any atom is 0.308 e. The molecular weight excluding hydrogens is 597 g/mol. The molecule has 0 spiro atoms. The van der Waals surface area contributed by atoms with Gasteiger partial charge in [0.05, 0.1) is 29.5 Å². The van der Waals surface area contributed by atoms with Gasteiger partial charge in [-0.15, -0.1) is 0 Å². The van der Waals surface area contributed by atoms with E-state index in [1.807, 2.05) is 79.1 Å². The summed E-state index contributed by atoms with van der Waals surface area (Å²) < 4.78 is 21.9. The van der Waals surface area contributed by atoms with Crippen LogP contribution in [0.5, 0.6) is 0 Å². The van der Waals surface area contributed by atoms with E-state index in [9.17, 15) is 19.1 Å². The van der Waals surface area contributed by atoms with Gasteiger partial charge in [0.1, 0.15) is 11.9 Å². The van der Waals surface area contributed by atoms with E-state index in [2.05, 4.69) is 15.6 Å². The van der Waals surface area contributed by atoms with E-state index in [4.69, 9.17) is 9.72 Å². The first-order valence-corrected chi connectivity index (χ1v) is 15.7. The first-order chi connectivity index (χ1) is 22.8. The van der Waals surface area contributed by atoms with Gasteiger partial charge in [0.15, 0.2) is 0 Å². The Bertz CT molecular complexity index is 1860. The molecule has 9 nitrogen and oxygen atoms in total. The lowest BCUT2D eigenvalue weighted by atomic mass is 9.97. The number of carbonyl (C=O) groups is 2. The van der Waals surface area contributed by atoms with Crippen molar-refractivity contribution in [2.24, 2.45) is 0 Å². The third kappa shape index (κ3) is 7.23. The quantitative estimate of drug-likeness (QED) is 0.138. The van der Waals surface area contributed by atoms with Crippen LogP contribution < -0.4 is 10.6 Å². The van der Waals surface area contributed by atoms with Gasteiger partial charge in [0, 0.05) is 48.2 Å². The molecule has 0 radical (unpaired) electrons. The maximum absolute atomic E-state index is 14.4. The SMILES string of the molecule is CC(C)c1c(C(=O)Nc2ccccc2)c(-c2ccnc(Nc3ccccc3)n2)c(-c2ccc(F)cc2)n1CC[C@H]1C[C@H](O)CC(=O)O1. The van der Waals surface area contributed by atoms with Gasteiger partial charge in [-0.1, -0.05) is 50.2 Å². The molecular formula is C37H36FN5O4. The van der Waals surface area contributed by atoms with Crippen molar-refractivity contribution in [2.75, 3.05) is 10.6 Å². The van der Waals surface area contributed by atoms with Crippen LogP contribution in [0, 0.1) is 5.82 Å². The van der Waals surface area contributed by atoms with Crippen LogP contribution in [0.15, 0.2) is 97.2 Å². The lowest BCUT2D eigenvalue weighted by Gasteiger charge is -2.27. The predicted molar refractivity (Wildman–Crippen MR) is 179 cm³/mol. The molecule has 1 saturated heterocycles. The molecule has 1 aliphatic heterocycles. The minimum absolute atomic E-state index is 0.0287. The Morgan fingerprint density at radius 1 is 1.00 bits per heavy atom. The Morgan fingerprint density at radius 2 is 1.68 bits per heavy atom. The minimum atomic E-state index is -0.772. The number of nitrogens with one attached hydrogen (secondary N) is 2. The molecule has 0 unspecified atom stereocenters. The average Bonchev–Trinajstić information content (AvgIpc) is 3.40. The average molecular weight is 634 g/mol. The van der Waals surface area contributed by atoms with Crippen LogP contribution in [0.1, 0.15) is 55.1 Å². The number of amides is 1. The van der Waals surface area contributed by atoms with Gasteiger partial charge in [0.25, 0.3) is 5.91 Å². The molecule has 3 aromatic carbocycles. The van der Waals surface area contributed by atoms with Gasteiger partial charge in [-0.05, 0) is 66.1 Å². The third-order valence-corrected chi connectivity index (χ3v) is 8.08. The molecule has 2 atom stereocenters. The first-order valence-electron chi connectivity index (χ1n) is 15.7. The number of hydrogen-bond acceptors (Lipinski definition) is 7. The van der Waals surface area contributed by atoms with Gasteiger partial charge >= 0.3 is 5.97 Å². The summed E-state index contributed by atoms with van der Waals surface area (Å²) >= 11 is 0. The zero-order chi connectivity index (χ0) is 32.9. The molecule has 0 bridgehead atoms. The van der Waals surface area contributed by atoms with Crippen LogP contribution in [0.3, 0.4) is 0 Å². The van der Waals surface area contributed by atoms with Crippen molar-refractivity contribution in [1.29, 1.82) is 0 Å². The summed E-state index contributed by atoms with van der Waals surface area (Å²) in [6, 6.07) is 26.6. The number of benzene rings is 3. The number of aromatic nitrogens is 3. The Balaban J connectivity index is 1.55. The highest BCUT2D eigenvalue weighted by atomic mass is 19.1. The Hall–Kier alpha value is -5.35. The van der Waals surface area contributed by atoms with E-state index in [1.165, 1.54) is 12.1 Å². The zero-order valence-electron chi connectivity index (χ0n) is 26.2. The van der Waals surface area contributed by atoms with Crippen molar-refractivity contribution in [3.63, 3.8) is 0 Å². The number of aliphatic hydroxyl groups is 1. The molecule has 5 aromatic rings. The number of rotatable bonds is 10. The van der Waals surface area contributed by atoms with Gasteiger partial charge < -0.3 is 25.0 Å². The van der Waals surface area contributed by atoms with Gasteiger partial charge in [0.2, 0.25) is 5.95 Å². The summed E-state index contributed by atoms with van der Waals surface area (Å²) in [4.78, 5) is 35.9. The van der Waals surface area contributed by atoms with Crippen LogP contribution in [0.25, 0.3) is 22.5 Å². The van der Waals surface area contributed by atoms with E-state index in [-0.39, 0.29) is 24.1 Å². The summed E-state index contributed by atoms with van der Waals surface area (Å²) in [6.07, 6.45) is 1.06. The molecule has 1 fully saturated rings. The summed E-state index contributed by atoms with van der Waals surface area (Å²) in [5.74, 6) is -0.947. The fourth-order valence-corrected chi connectivity index (χ4v) is 6.09. The fourth-order valence-electron chi connectivity index (χ4n) is 6.09. The highest BCUT2D eigenvalue weighted by Gasteiger charge is 2.33. The molecule has 6 rings (SSSR count). The second kappa shape index (κ2) is 14.0. The van der Waals surface area contributed by atoms with Crippen molar-refractivity contribution in [1.82, 2.24) is 14.5 Å². The maximum atomic E-state index is 14.4. The molecule has 1 aliphatic rings. The molecule has 3 heterocycles. The molecule has 3 N–H and O–H groups in total. The Kier molecular flexibility index (Phi) is 9.40. The minimum Gasteiger partial charge on any atom is -0.462 e. The van der Waals surface area contributed by atoms with E-state index < -0.39 is 18.2 Å². The predicted octanol–water partition coefficient (Wildman–Crippen LogP) is 7.33. The summed E-state index contributed by atoms with van der Waals surface area (Å²) in [6.45, 7) is 4.38. The smallest absolute Gasteiger partial charge is 0.308 e. The number of ether oxygens (including phenoxy) is 1. The number of para-hydroxylation sites is 2. The lowest BCUT2D eigenvalue weighted by Crippen LogP contribution is -2.33. The standard InChI is InChI=1S/C37H36FN5O4/c1-23(2)34-33(36(46)40-26-9-5-3-6-10-26)32(30-17-19-39-37(42-30)41-27-11-7-4-8-12-27)35(24-13-15-25(38)16-14-24)43(34)20-18-29-21-28(44)22-31(45)47-29/h3-17,19,23,28-29,44H,18,20-22H2,1-2H3,(H,40,46)(H,39,41,42)/t28-,29-/m0/s1. The normalized spacial score (nSPS) is 16.1. The number of halogens is 1. The molecule has 2 aromatic heterocycles. The lowest BCUT2D eigenvalue weighted by molar-refractivity contribution is -0.160. The molecule has 47 heavy (non-hydrogen) atoms. The third-order valence-electron chi connectivity index (χ3n) is 8.08. The van der Waals surface area contributed by atoms with Crippen molar-refractivity contribution < 1.29 is 23.8 Å². The number of cyclic esters (lactones) is 1. The molecule has 0 saturated carbocycles. The van der Waals surface area contributed by atoms with Gasteiger partial charge in [-0.3, -0.25) is 9.59 Å². The largest absolute Gasteiger partial charge is 0.462 e. The molecule has 240 valence electrons. The van der Waals surface area contributed by atoms with Crippen LogP contribution in [-0.4, -0.2) is 43.7 Å². The molecule has 1 amide bonds. The highest BCUT2D eigenvalue weighted by Crippen LogP contribution is 2.42. The second-order valence-electron chi connectivity index (χ2n) is 11.9. The Morgan fingerprint density at radius 3 is 2.34 bits per heavy atom. The summed E-state index contributed by atoms with van der Waals surface area (Å²) in [7, 11) is 0. The van der Waals surface area contributed by atoms with Crippen molar-refractivity contribution in [3.8, 4) is 22.5 Å². The topological polar surface area (TPSA) is 118 Å². The summed E-state index contributed by atoms with van der Waals surface area (Å²) in [5, 5.41) is 16.6. The van der Waals surface area contributed by atoms with Crippen molar-refractivity contribution in [2.45, 2.75) is 57.8 Å². The van der Waals surface area contributed by atoms with E-state index in [1.54, 1.807) is 24.4 Å². The summed E-state index contributed by atoms with van der Waals surface area (Å²) in [5.41, 5.74) is 5.00. The fraction of sp³-hybridized carbons (Fsp3) is 0.243. The van der Waals surface area contributed by atoms with Crippen molar-refractivity contribution >= 4 is 29.2 Å². The van der Waals surface area contributed by atoms with Gasteiger partial charge in [-0.2, -0.15) is 0 Å². The molecule has 10 heteroatoms. The first kappa shape index (κ1) is 31.6. The van der Waals surface area contributed by atoms with Gasteiger partial charge in [-0.25, -0.2) is 14.4 Å². The monoisotopic (exact) mass is 633 g/mol. The second-order valence-corrected chi connectivity index (χ2v) is 11.9. The van der Waals surface area contributed by atoms with Crippen LogP contribution >= 0.6 is 0 Å². The van der Waals surface area contributed by atoms with Crippen molar-refractivity contribution in [3.05, 3.63) is 114 Å². The number of carbonyl (C=O) groups excluding carboxylic acids is 2. The van der Waals surface area contributed by atoms with Crippen LogP contribution in [0.2, 0.25) is 0 Å². The van der Waals surface area contributed by atoms with Crippen LogP contribution in [0.4, 0.5) is 21.7 Å². The van der Waals surface area contributed by atoms with E-state index in [0.29, 0.717) is 59.1 Å². The molecule has 0 aliphatic carbocycles. The number of aliphatic hydroxyl groups excluding tert-OH is 1. The van der Waals surface area contributed by atoms with Crippen LogP contribution in [-0.2, 0) is 16.1 Å². The number of anilines is 3. The number of hydrogen-bond donors (Lipinski definition) is 3. The Labute approximate surface area is 272 Å². The van der Waals surface area contributed by atoms with E-state index in [0.717, 1.165) is 11.4 Å². The highest BCUT2D eigenvalue weighted by molar-refractivity contribution is 6.12. The number of nitrogens with zero attached hydrogens (tertiary/aromatic N) is 3. The number of esters is 1. The zero-order valence-corrected chi connectivity index (χ0v) is 26.2.